The second-order valence-electron chi connectivity index (χ2n) is 3.53. The van der Waals surface area contributed by atoms with Crippen LogP contribution in [0.4, 0.5) is 0 Å². The lowest BCUT2D eigenvalue weighted by Gasteiger charge is -2.19. The Morgan fingerprint density at radius 3 is 2.58 bits per heavy atom. The molecule has 0 aliphatic heterocycles. The monoisotopic (exact) mass is 323 g/mol. The number of benzene rings is 1. The van der Waals surface area contributed by atoms with Gasteiger partial charge < -0.3 is 5.11 Å². The summed E-state index contributed by atoms with van der Waals surface area (Å²) in [5.74, 6) is -1.27. The van der Waals surface area contributed by atoms with Crippen LogP contribution >= 0.6 is 23.2 Å². The molecule has 0 aromatic heterocycles. The molecular weight excluding hydrogens is 313 g/mol. The van der Waals surface area contributed by atoms with Gasteiger partial charge in [0.15, 0.2) is 0 Å². The third-order valence-electron chi connectivity index (χ3n) is 2.18. The van der Waals surface area contributed by atoms with Crippen molar-refractivity contribution in [2.24, 2.45) is 0 Å². The topological polar surface area (TPSA) is 74.7 Å². The van der Waals surface area contributed by atoms with Gasteiger partial charge in [0.1, 0.15) is 11.4 Å². The molecule has 0 aliphatic rings. The van der Waals surface area contributed by atoms with Gasteiger partial charge in [-0.25, -0.2) is 8.42 Å². The number of rotatable bonds is 6. The number of carboxylic acid groups (broad SMARTS) is 1. The average molecular weight is 324 g/mol. The van der Waals surface area contributed by atoms with Crippen molar-refractivity contribution >= 4 is 39.2 Å². The van der Waals surface area contributed by atoms with Gasteiger partial charge in [-0.05, 0) is 12.1 Å². The molecule has 0 fully saturated rings. The molecule has 1 aromatic carbocycles. The third-order valence-corrected chi connectivity index (χ3v) is 4.96. The first-order chi connectivity index (χ1) is 8.80. The number of nitrogens with zero attached hydrogens (tertiary/aromatic N) is 1. The van der Waals surface area contributed by atoms with E-state index in [1.807, 2.05) is 0 Å². The standard InChI is InChI=1S/C11H11Cl2NO4S/c1-2-6-14(7-10(15)16)19(17,18)9-5-3-4-8(12)11(9)13/h2-5H,1,6-7H2,(H,15,16). The molecule has 0 saturated carbocycles. The molecule has 0 radical (unpaired) electrons. The molecule has 1 rings (SSSR count). The molecule has 0 amide bonds. The van der Waals surface area contributed by atoms with E-state index in [-0.39, 0.29) is 21.5 Å². The Bertz CT molecular complexity index is 601. The van der Waals surface area contributed by atoms with Crippen LogP contribution in [0.2, 0.25) is 10.0 Å². The molecule has 0 bridgehead atoms. The van der Waals surface area contributed by atoms with Gasteiger partial charge in [0.2, 0.25) is 10.0 Å². The Hall–Kier alpha value is -1.08. The predicted octanol–water partition coefficient (Wildman–Crippen LogP) is 2.25. The van der Waals surface area contributed by atoms with Crippen molar-refractivity contribution in [3.8, 4) is 0 Å². The number of hydrogen-bond acceptors (Lipinski definition) is 3. The second kappa shape index (κ2) is 6.38. The first-order valence-electron chi connectivity index (χ1n) is 5.07. The lowest BCUT2D eigenvalue weighted by molar-refractivity contribution is -0.137. The van der Waals surface area contributed by atoms with E-state index in [9.17, 15) is 13.2 Å². The summed E-state index contributed by atoms with van der Waals surface area (Å²) in [6.07, 6.45) is 1.29. The van der Waals surface area contributed by atoms with Gasteiger partial charge in [0.05, 0.1) is 10.0 Å². The fourth-order valence-electron chi connectivity index (χ4n) is 1.36. The minimum absolute atomic E-state index is 0.0802. The van der Waals surface area contributed by atoms with Gasteiger partial charge in [-0.3, -0.25) is 4.79 Å². The summed E-state index contributed by atoms with van der Waals surface area (Å²) in [5, 5.41) is 8.69. The summed E-state index contributed by atoms with van der Waals surface area (Å²) < 4.78 is 25.4. The molecule has 19 heavy (non-hydrogen) atoms. The maximum atomic E-state index is 12.3. The molecule has 0 unspecified atom stereocenters. The van der Waals surface area contributed by atoms with E-state index in [0.717, 1.165) is 4.31 Å². The summed E-state index contributed by atoms with van der Waals surface area (Å²) >= 11 is 11.6. The zero-order valence-electron chi connectivity index (χ0n) is 9.71. The van der Waals surface area contributed by atoms with Crippen molar-refractivity contribution in [1.29, 1.82) is 0 Å². The highest BCUT2D eigenvalue weighted by molar-refractivity contribution is 7.89. The Balaban J connectivity index is 3.30. The summed E-state index contributed by atoms with van der Waals surface area (Å²) in [6.45, 7) is 2.57. The van der Waals surface area contributed by atoms with Gasteiger partial charge in [-0.1, -0.05) is 35.3 Å². The van der Waals surface area contributed by atoms with Crippen LogP contribution in [0.3, 0.4) is 0 Å². The quantitative estimate of drug-likeness (QED) is 0.815. The van der Waals surface area contributed by atoms with Gasteiger partial charge in [-0.15, -0.1) is 6.58 Å². The molecule has 1 aromatic rings. The van der Waals surface area contributed by atoms with Crippen molar-refractivity contribution in [3.63, 3.8) is 0 Å². The molecule has 0 spiro atoms. The molecule has 5 nitrogen and oxygen atoms in total. The lowest BCUT2D eigenvalue weighted by Crippen LogP contribution is -2.35. The van der Waals surface area contributed by atoms with Crippen LogP contribution in [0.25, 0.3) is 0 Å². The summed E-state index contributed by atoms with van der Waals surface area (Å²) in [7, 11) is -4.05. The molecule has 0 heterocycles. The zero-order valence-corrected chi connectivity index (χ0v) is 12.0. The number of aliphatic carboxylic acids is 1. The Kier molecular flexibility index (Phi) is 5.37. The summed E-state index contributed by atoms with van der Waals surface area (Å²) in [5.41, 5.74) is 0. The van der Waals surface area contributed by atoms with E-state index in [2.05, 4.69) is 6.58 Å². The number of carbonyl (C=O) groups is 1. The van der Waals surface area contributed by atoms with Gasteiger partial charge in [-0.2, -0.15) is 4.31 Å². The number of carboxylic acids is 1. The molecule has 104 valence electrons. The second-order valence-corrected chi connectivity index (χ2v) is 6.22. The van der Waals surface area contributed by atoms with Crippen molar-refractivity contribution in [2.45, 2.75) is 4.90 Å². The van der Waals surface area contributed by atoms with Crippen LogP contribution in [-0.4, -0.2) is 36.9 Å². The molecule has 0 saturated heterocycles. The highest BCUT2D eigenvalue weighted by atomic mass is 35.5. The van der Waals surface area contributed by atoms with Crippen LogP contribution in [0.5, 0.6) is 0 Å². The van der Waals surface area contributed by atoms with E-state index in [1.54, 1.807) is 0 Å². The molecule has 0 atom stereocenters. The first-order valence-corrected chi connectivity index (χ1v) is 7.27. The summed E-state index contributed by atoms with van der Waals surface area (Å²) in [4.78, 5) is 10.5. The molecule has 8 heteroatoms. The Labute approximate surface area is 121 Å². The van der Waals surface area contributed by atoms with E-state index in [1.165, 1.54) is 24.3 Å². The fourth-order valence-corrected chi connectivity index (χ4v) is 3.46. The van der Waals surface area contributed by atoms with Crippen LogP contribution in [0, 0.1) is 0 Å². The number of halogens is 2. The first kappa shape index (κ1) is 16.0. The van der Waals surface area contributed by atoms with Gasteiger partial charge in [0.25, 0.3) is 0 Å². The highest BCUT2D eigenvalue weighted by Gasteiger charge is 2.28. The third kappa shape index (κ3) is 3.70. The van der Waals surface area contributed by atoms with Crippen molar-refractivity contribution in [3.05, 3.63) is 40.9 Å². The van der Waals surface area contributed by atoms with E-state index < -0.39 is 22.5 Å². The normalized spacial score (nSPS) is 11.5. The predicted molar refractivity (Wildman–Crippen MR) is 73.1 cm³/mol. The Morgan fingerprint density at radius 2 is 2.05 bits per heavy atom. The largest absolute Gasteiger partial charge is 0.480 e. The lowest BCUT2D eigenvalue weighted by atomic mass is 10.4. The zero-order chi connectivity index (χ0) is 14.6. The average Bonchev–Trinajstić information content (AvgIpc) is 2.31. The van der Waals surface area contributed by atoms with Crippen LogP contribution < -0.4 is 0 Å². The minimum atomic E-state index is -4.05. The van der Waals surface area contributed by atoms with Crippen LogP contribution in [0.15, 0.2) is 35.7 Å². The molecule has 1 N–H and O–H groups in total. The Morgan fingerprint density at radius 1 is 1.42 bits per heavy atom. The molecular formula is C11H11Cl2NO4S. The van der Waals surface area contributed by atoms with Crippen molar-refractivity contribution in [1.82, 2.24) is 4.31 Å². The number of hydrogen-bond donors (Lipinski definition) is 1. The van der Waals surface area contributed by atoms with Crippen molar-refractivity contribution < 1.29 is 18.3 Å². The minimum Gasteiger partial charge on any atom is -0.480 e. The highest BCUT2D eigenvalue weighted by Crippen LogP contribution is 2.30. The van der Waals surface area contributed by atoms with Gasteiger partial charge >= 0.3 is 5.97 Å². The van der Waals surface area contributed by atoms with E-state index in [0.29, 0.717) is 0 Å². The fraction of sp³-hybridized carbons (Fsp3) is 0.182. The van der Waals surface area contributed by atoms with E-state index in [4.69, 9.17) is 28.3 Å². The maximum absolute atomic E-state index is 12.3. The smallest absolute Gasteiger partial charge is 0.318 e. The van der Waals surface area contributed by atoms with Crippen LogP contribution in [0.1, 0.15) is 0 Å². The molecule has 0 aliphatic carbocycles. The SMILES string of the molecule is C=CCN(CC(=O)O)S(=O)(=O)c1cccc(Cl)c1Cl. The van der Waals surface area contributed by atoms with Crippen LogP contribution in [-0.2, 0) is 14.8 Å². The van der Waals surface area contributed by atoms with E-state index >= 15 is 0 Å². The summed E-state index contributed by atoms with van der Waals surface area (Å²) in [6, 6.07) is 4.13. The van der Waals surface area contributed by atoms with Gasteiger partial charge in [0, 0.05) is 6.54 Å². The van der Waals surface area contributed by atoms with Crippen molar-refractivity contribution in [2.75, 3.05) is 13.1 Å². The maximum Gasteiger partial charge on any atom is 0.318 e. The number of sulfonamides is 1.